The average Bonchev–Trinajstić information content (AvgIpc) is 3.28. The smallest absolute Gasteiger partial charge is 0.185 e. The van der Waals surface area contributed by atoms with Crippen molar-refractivity contribution in [2.45, 2.75) is 58.4 Å². The van der Waals surface area contributed by atoms with Crippen LogP contribution in [0.3, 0.4) is 0 Å². The molecular weight excluding hydrogens is 407 g/mol. The first-order valence-electron chi connectivity index (χ1n) is 11.2. The zero-order valence-corrected chi connectivity index (χ0v) is 18.8. The number of benzene rings is 1. The number of halogens is 1. The van der Waals surface area contributed by atoms with Crippen LogP contribution in [0.1, 0.15) is 52.4 Å². The molecule has 0 saturated heterocycles. The minimum Gasteiger partial charge on any atom is -0.507 e. The van der Waals surface area contributed by atoms with Crippen molar-refractivity contribution in [3.63, 3.8) is 0 Å². The summed E-state index contributed by atoms with van der Waals surface area (Å²) in [6.07, 6.45) is 13.8. The van der Waals surface area contributed by atoms with E-state index < -0.39 is 5.82 Å². The summed E-state index contributed by atoms with van der Waals surface area (Å²) in [7, 11) is 2.06. The van der Waals surface area contributed by atoms with Gasteiger partial charge in [-0.3, -0.25) is 0 Å². The van der Waals surface area contributed by atoms with E-state index in [1.807, 2.05) is 0 Å². The Morgan fingerprint density at radius 2 is 1.91 bits per heavy atom. The van der Waals surface area contributed by atoms with Gasteiger partial charge in [-0.2, -0.15) is 0 Å². The molecule has 7 nitrogen and oxygen atoms in total. The molecule has 2 fully saturated rings. The van der Waals surface area contributed by atoms with Gasteiger partial charge in [-0.1, -0.05) is 20.3 Å². The minimum atomic E-state index is -0.504. The second kappa shape index (κ2) is 7.53. The number of phenols is 1. The molecule has 2 aromatic heterocycles. The standard InChI is InChI=1S/C24H29FN6O/c1-23-5-4-6-24(2,14-23)12-16(11-23)30(3)21-13-27-22(29-28-21)17-9-18(25)19(10-20(17)32)31-8-7-26-15-31/h7-10,13,15-16,32H,4-6,11-12,14H2,1-3H3/t16-,23-,24+. The lowest BCUT2D eigenvalue weighted by atomic mass is 9.55. The van der Waals surface area contributed by atoms with Crippen molar-refractivity contribution < 1.29 is 9.50 Å². The van der Waals surface area contributed by atoms with Crippen LogP contribution in [0, 0.1) is 16.6 Å². The van der Waals surface area contributed by atoms with E-state index in [4.69, 9.17) is 0 Å². The fourth-order valence-corrected chi connectivity index (χ4v) is 6.05. The lowest BCUT2D eigenvalue weighted by Crippen LogP contribution is -2.49. The number of hydrogen-bond donors (Lipinski definition) is 1. The van der Waals surface area contributed by atoms with E-state index in [0.717, 1.165) is 12.8 Å². The maximum atomic E-state index is 14.7. The van der Waals surface area contributed by atoms with E-state index in [9.17, 15) is 9.50 Å². The number of aromatic hydroxyl groups is 1. The van der Waals surface area contributed by atoms with Gasteiger partial charge in [0.1, 0.15) is 11.6 Å². The number of aromatic nitrogens is 5. The highest BCUT2D eigenvalue weighted by molar-refractivity contribution is 5.66. The van der Waals surface area contributed by atoms with Crippen LogP contribution in [0.25, 0.3) is 17.1 Å². The molecule has 2 bridgehead atoms. The zero-order valence-electron chi connectivity index (χ0n) is 18.8. The number of phenolic OH excluding ortho intramolecular Hbond substituents is 1. The van der Waals surface area contributed by atoms with Crippen LogP contribution in [-0.4, -0.2) is 42.9 Å². The van der Waals surface area contributed by atoms with Crippen LogP contribution in [0.2, 0.25) is 0 Å². The van der Waals surface area contributed by atoms with Gasteiger partial charge in [0.05, 0.1) is 23.8 Å². The molecule has 0 spiro atoms. The molecule has 0 unspecified atom stereocenters. The Kier molecular flexibility index (Phi) is 4.91. The van der Waals surface area contributed by atoms with E-state index in [0.29, 0.717) is 22.7 Å². The lowest BCUT2D eigenvalue weighted by molar-refractivity contribution is 0.0141. The summed E-state index contributed by atoms with van der Waals surface area (Å²) < 4.78 is 16.2. The highest BCUT2D eigenvalue weighted by atomic mass is 19.1. The number of anilines is 1. The zero-order chi connectivity index (χ0) is 22.5. The third kappa shape index (κ3) is 3.72. The maximum Gasteiger partial charge on any atom is 0.185 e. The van der Waals surface area contributed by atoms with Crippen molar-refractivity contribution in [1.29, 1.82) is 0 Å². The number of hydrogen-bond acceptors (Lipinski definition) is 6. The Balaban J connectivity index is 1.38. The van der Waals surface area contributed by atoms with Crippen LogP contribution in [0.15, 0.2) is 37.1 Å². The van der Waals surface area contributed by atoms with Crippen molar-refractivity contribution >= 4 is 5.82 Å². The number of imidazole rings is 1. The predicted octanol–water partition coefficient (Wildman–Crippen LogP) is 4.75. The van der Waals surface area contributed by atoms with Gasteiger partial charge >= 0.3 is 0 Å². The summed E-state index contributed by atoms with van der Waals surface area (Å²) >= 11 is 0. The summed E-state index contributed by atoms with van der Waals surface area (Å²) in [4.78, 5) is 10.5. The van der Waals surface area contributed by atoms with Gasteiger partial charge in [0, 0.05) is 31.5 Å². The normalized spacial score (nSPS) is 27.3. The van der Waals surface area contributed by atoms with Gasteiger partial charge in [0.25, 0.3) is 0 Å². The molecule has 0 aliphatic heterocycles. The number of nitrogens with zero attached hydrogens (tertiary/aromatic N) is 6. The first-order chi connectivity index (χ1) is 15.3. The Labute approximate surface area is 187 Å². The molecule has 3 aromatic rings. The van der Waals surface area contributed by atoms with E-state index in [1.165, 1.54) is 48.7 Å². The highest BCUT2D eigenvalue weighted by Gasteiger charge is 2.47. The molecule has 2 aliphatic rings. The Bertz CT molecular complexity index is 1100. The fraction of sp³-hybridized carbons (Fsp3) is 0.500. The SMILES string of the molecule is CN(c1cnc(-c2cc(F)c(-n3ccnc3)cc2O)nn1)[C@H]1C[C@]2(C)CCC[C@](C)(C1)C2. The average molecular weight is 437 g/mol. The number of rotatable bonds is 4. The topological polar surface area (TPSA) is 80.0 Å². The second-order valence-electron chi connectivity index (χ2n) is 10.3. The first kappa shape index (κ1) is 20.8. The Morgan fingerprint density at radius 1 is 1.16 bits per heavy atom. The molecule has 0 amide bonds. The van der Waals surface area contributed by atoms with Gasteiger partial charge in [-0.05, 0) is 49.0 Å². The summed E-state index contributed by atoms with van der Waals surface area (Å²) in [6, 6.07) is 2.97. The monoisotopic (exact) mass is 436 g/mol. The number of fused-ring (bicyclic) bond motifs is 2. The fourth-order valence-electron chi connectivity index (χ4n) is 6.05. The third-order valence-electron chi connectivity index (χ3n) is 7.42. The summed E-state index contributed by atoms with van der Waals surface area (Å²) in [6.45, 7) is 4.84. The Hall–Kier alpha value is -3.03. The van der Waals surface area contributed by atoms with E-state index in [-0.39, 0.29) is 22.8 Å². The van der Waals surface area contributed by atoms with E-state index in [2.05, 4.69) is 46.0 Å². The lowest BCUT2D eigenvalue weighted by Gasteiger charge is -2.54. The van der Waals surface area contributed by atoms with Crippen molar-refractivity contribution in [2.24, 2.45) is 10.8 Å². The molecular formula is C24H29FN6O. The van der Waals surface area contributed by atoms with Gasteiger partial charge < -0.3 is 14.6 Å². The first-order valence-corrected chi connectivity index (χ1v) is 11.2. The van der Waals surface area contributed by atoms with Crippen LogP contribution >= 0.6 is 0 Å². The largest absolute Gasteiger partial charge is 0.507 e. The molecule has 2 saturated carbocycles. The summed E-state index contributed by atoms with van der Waals surface area (Å²) in [5.41, 5.74) is 1.18. The van der Waals surface area contributed by atoms with E-state index >= 15 is 0 Å². The van der Waals surface area contributed by atoms with Gasteiger partial charge in [-0.25, -0.2) is 14.4 Å². The van der Waals surface area contributed by atoms with Crippen molar-refractivity contribution in [1.82, 2.24) is 24.7 Å². The second-order valence-corrected chi connectivity index (χ2v) is 10.3. The van der Waals surface area contributed by atoms with Crippen LogP contribution in [0.4, 0.5) is 10.2 Å². The van der Waals surface area contributed by atoms with Gasteiger partial charge in [0.2, 0.25) is 0 Å². The van der Waals surface area contributed by atoms with Crippen molar-refractivity contribution in [3.05, 3.63) is 42.9 Å². The van der Waals surface area contributed by atoms with Crippen LogP contribution in [0.5, 0.6) is 5.75 Å². The van der Waals surface area contributed by atoms with Crippen LogP contribution in [-0.2, 0) is 0 Å². The van der Waals surface area contributed by atoms with Gasteiger partial charge in [-0.15, -0.1) is 10.2 Å². The predicted molar refractivity (Wildman–Crippen MR) is 120 cm³/mol. The molecule has 168 valence electrons. The van der Waals surface area contributed by atoms with Gasteiger partial charge in [0.15, 0.2) is 11.6 Å². The maximum absolute atomic E-state index is 14.7. The molecule has 8 heteroatoms. The van der Waals surface area contributed by atoms with Crippen molar-refractivity contribution in [2.75, 3.05) is 11.9 Å². The summed E-state index contributed by atoms with van der Waals surface area (Å²) in [5, 5.41) is 19.1. The quantitative estimate of drug-likeness (QED) is 0.636. The molecule has 3 atom stereocenters. The van der Waals surface area contributed by atoms with E-state index in [1.54, 1.807) is 18.6 Å². The molecule has 5 rings (SSSR count). The summed E-state index contributed by atoms with van der Waals surface area (Å²) in [5.74, 6) is 0.269. The molecule has 2 heterocycles. The third-order valence-corrected chi connectivity index (χ3v) is 7.42. The molecule has 32 heavy (non-hydrogen) atoms. The Morgan fingerprint density at radius 3 is 2.53 bits per heavy atom. The van der Waals surface area contributed by atoms with Crippen molar-refractivity contribution in [3.8, 4) is 22.8 Å². The molecule has 0 radical (unpaired) electrons. The molecule has 2 aliphatic carbocycles. The molecule has 1 aromatic carbocycles. The minimum absolute atomic E-state index is 0.112. The highest BCUT2D eigenvalue weighted by Crippen LogP contribution is 2.56. The molecule has 1 N–H and O–H groups in total. The van der Waals surface area contributed by atoms with Crippen LogP contribution < -0.4 is 4.90 Å².